The minimum atomic E-state index is -3.59. The minimum Gasteiger partial charge on any atom is -0.367 e. The molecule has 1 heterocycles. The van der Waals surface area contributed by atoms with Crippen LogP contribution in [0.5, 0.6) is 0 Å². The SMILES string of the molecule is CN1c2ccccc2N(CCNC(=O)COCc2ccccc2)S1(=O)=O. The lowest BCUT2D eigenvalue weighted by atomic mass is 10.2. The molecular formula is C18H21N3O4S. The number of carbonyl (C=O) groups is 1. The van der Waals surface area contributed by atoms with Crippen LogP contribution in [-0.4, -0.2) is 41.1 Å². The molecule has 1 N–H and O–H groups in total. The van der Waals surface area contributed by atoms with E-state index in [-0.39, 0.29) is 25.6 Å². The van der Waals surface area contributed by atoms with Gasteiger partial charge in [-0.25, -0.2) is 4.31 Å². The first kappa shape index (κ1) is 18.2. The van der Waals surface area contributed by atoms with Crippen LogP contribution in [0, 0.1) is 0 Å². The van der Waals surface area contributed by atoms with E-state index in [9.17, 15) is 13.2 Å². The second kappa shape index (κ2) is 7.76. The molecule has 1 amide bonds. The fourth-order valence-corrected chi connectivity index (χ4v) is 4.18. The molecule has 0 fully saturated rings. The number of ether oxygens (including phenoxy) is 1. The van der Waals surface area contributed by atoms with Crippen LogP contribution in [-0.2, 0) is 26.3 Å². The van der Waals surface area contributed by atoms with Gasteiger partial charge in [-0.15, -0.1) is 0 Å². The van der Waals surface area contributed by atoms with Crippen molar-refractivity contribution in [1.82, 2.24) is 5.32 Å². The Hall–Kier alpha value is -2.58. The first-order valence-electron chi connectivity index (χ1n) is 8.24. The largest absolute Gasteiger partial charge is 0.367 e. The Kier molecular flexibility index (Phi) is 5.43. The normalized spacial score (nSPS) is 15.0. The molecule has 138 valence electrons. The van der Waals surface area contributed by atoms with E-state index in [0.717, 1.165) is 5.56 Å². The maximum Gasteiger partial charge on any atom is 0.326 e. The van der Waals surface area contributed by atoms with Crippen LogP contribution in [0.15, 0.2) is 54.6 Å². The summed E-state index contributed by atoms with van der Waals surface area (Å²) in [6.45, 7) is 0.647. The number of amides is 1. The van der Waals surface area contributed by atoms with Gasteiger partial charge >= 0.3 is 10.2 Å². The lowest BCUT2D eigenvalue weighted by molar-refractivity contribution is -0.126. The van der Waals surface area contributed by atoms with E-state index in [4.69, 9.17) is 4.74 Å². The molecule has 26 heavy (non-hydrogen) atoms. The van der Waals surface area contributed by atoms with Gasteiger partial charge < -0.3 is 10.1 Å². The molecule has 0 unspecified atom stereocenters. The van der Waals surface area contributed by atoms with Crippen LogP contribution in [0.3, 0.4) is 0 Å². The van der Waals surface area contributed by atoms with Crippen molar-refractivity contribution in [2.45, 2.75) is 6.61 Å². The standard InChI is InChI=1S/C18H21N3O4S/c1-20-16-9-5-6-10-17(16)21(26(20,23)24)12-11-19-18(22)14-25-13-15-7-3-2-4-8-15/h2-10H,11-14H2,1H3,(H,19,22). The van der Waals surface area contributed by atoms with E-state index < -0.39 is 10.2 Å². The number of nitrogens with one attached hydrogen (secondary N) is 1. The topological polar surface area (TPSA) is 79.0 Å². The van der Waals surface area contributed by atoms with Crippen LogP contribution >= 0.6 is 0 Å². The van der Waals surface area contributed by atoms with Gasteiger partial charge in [-0.2, -0.15) is 8.42 Å². The maximum atomic E-state index is 12.5. The third kappa shape index (κ3) is 3.81. The first-order chi connectivity index (χ1) is 12.5. The van der Waals surface area contributed by atoms with Crippen molar-refractivity contribution in [3.05, 3.63) is 60.2 Å². The molecule has 0 aliphatic carbocycles. The average Bonchev–Trinajstić information content (AvgIpc) is 2.83. The Bertz CT molecular complexity index is 871. The van der Waals surface area contributed by atoms with Crippen molar-refractivity contribution in [1.29, 1.82) is 0 Å². The molecule has 0 saturated heterocycles. The van der Waals surface area contributed by atoms with Crippen LogP contribution < -0.4 is 13.9 Å². The average molecular weight is 375 g/mol. The lowest BCUT2D eigenvalue weighted by Crippen LogP contribution is -2.41. The zero-order valence-electron chi connectivity index (χ0n) is 14.5. The number of hydrogen-bond acceptors (Lipinski definition) is 4. The zero-order valence-corrected chi connectivity index (χ0v) is 15.3. The molecule has 1 aliphatic heterocycles. The highest BCUT2D eigenvalue weighted by atomic mass is 32.2. The third-order valence-corrected chi connectivity index (χ3v) is 5.92. The molecule has 0 bridgehead atoms. The number of carbonyl (C=O) groups excluding carboxylic acids is 1. The van der Waals surface area contributed by atoms with Gasteiger partial charge in [0, 0.05) is 13.6 Å². The number of para-hydroxylation sites is 2. The molecular weight excluding hydrogens is 354 g/mol. The predicted octanol–water partition coefficient (Wildman–Crippen LogP) is 1.52. The Morgan fingerprint density at radius 2 is 1.69 bits per heavy atom. The van der Waals surface area contributed by atoms with E-state index in [0.29, 0.717) is 18.0 Å². The molecule has 0 spiro atoms. The molecule has 1 aliphatic rings. The molecule has 2 aromatic rings. The second-order valence-corrected chi connectivity index (χ2v) is 7.75. The highest BCUT2D eigenvalue weighted by Gasteiger charge is 2.37. The number of nitrogens with zero attached hydrogens (tertiary/aromatic N) is 2. The molecule has 7 nitrogen and oxygen atoms in total. The number of benzene rings is 2. The Labute approximate surface area is 153 Å². The summed E-state index contributed by atoms with van der Waals surface area (Å²) in [7, 11) is -2.07. The van der Waals surface area contributed by atoms with Gasteiger partial charge in [0.05, 0.1) is 24.5 Å². The van der Waals surface area contributed by atoms with E-state index >= 15 is 0 Å². The van der Waals surface area contributed by atoms with Gasteiger partial charge in [0.15, 0.2) is 0 Å². The Balaban J connectivity index is 1.48. The summed E-state index contributed by atoms with van der Waals surface area (Å²) in [6, 6.07) is 16.7. The second-order valence-electron chi connectivity index (χ2n) is 5.86. The fourth-order valence-electron chi connectivity index (χ4n) is 2.76. The monoisotopic (exact) mass is 375 g/mol. The van der Waals surface area contributed by atoms with Gasteiger partial charge in [0.2, 0.25) is 5.91 Å². The number of rotatable bonds is 7. The lowest BCUT2D eigenvalue weighted by Gasteiger charge is -2.19. The van der Waals surface area contributed by atoms with Crippen molar-refractivity contribution in [2.24, 2.45) is 0 Å². The van der Waals surface area contributed by atoms with Crippen LogP contribution in [0.25, 0.3) is 0 Å². The highest BCUT2D eigenvalue weighted by molar-refractivity contribution is 7.94. The summed E-state index contributed by atoms with van der Waals surface area (Å²) in [4.78, 5) is 11.9. The summed E-state index contributed by atoms with van der Waals surface area (Å²) in [5.41, 5.74) is 2.23. The predicted molar refractivity (Wildman–Crippen MR) is 100 cm³/mol. The van der Waals surface area contributed by atoms with E-state index in [2.05, 4.69) is 5.32 Å². The molecule has 0 aromatic heterocycles. The summed E-state index contributed by atoms with van der Waals surface area (Å²) in [5, 5.41) is 2.69. The van der Waals surface area contributed by atoms with Gasteiger partial charge in [0.25, 0.3) is 0 Å². The quantitative estimate of drug-likeness (QED) is 0.796. The first-order valence-corrected chi connectivity index (χ1v) is 9.64. The molecule has 8 heteroatoms. The smallest absolute Gasteiger partial charge is 0.326 e. The van der Waals surface area contributed by atoms with Crippen LogP contribution in [0.4, 0.5) is 11.4 Å². The summed E-state index contributed by atoms with van der Waals surface area (Å²) < 4.78 is 32.8. The van der Waals surface area contributed by atoms with Gasteiger partial charge in [-0.1, -0.05) is 42.5 Å². The van der Waals surface area contributed by atoms with Gasteiger partial charge in [0.1, 0.15) is 6.61 Å². The number of anilines is 2. The van der Waals surface area contributed by atoms with Gasteiger partial charge in [-0.3, -0.25) is 9.10 Å². The summed E-state index contributed by atoms with van der Waals surface area (Å²) in [6.07, 6.45) is 0. The maximum absolute atomic E-state index is 12.5. The molecule has 2 aromatic carbocycles. The summed E-state index contributed by atoms with van der Waals surface area (Å²) >= 11 is 0. The van der Waals surface area contributed by atoms with E-state index in [1.54, 1.807) is 24.3 Å². The molecule has 3 rings (SSSR count). The Morgan fingerprint density at radius 1 is 1.04 bits per heavy atom. The fraction of sp³-hybridized carbons (Fsp3) is 0.278. The van der Waals surface area contributed by atoms with Gasteiger partial charge in [-0.05, 0) is 17.7 Å². The van der Waals surface area contributed by atoms with Crippen LogP contribution in [0.2, 0.25) is 0 Å². The molecule has 0 radical (unpaired) electrons. The van der Waals surface area contributed by atoms with Crippen molar-refractivity contribution >= 4 is 27.5 Å². The number of hydrogen-bond donors (Lipinski definition) is 1. The van der Waals surface area contributed by atoms with Crippen LogP contribution in [0.1, 0.15) is 5.56 Å². The third-order valence-electron chi connectivity index (χ3n) is 4.10. The van der Waals surface area contributed by atoms with Crippen molar-refractivity contribution in [3.8, 4) is 0 Å². The summed E-state index contributed by atoms with van der Waals surface area (Å²) in [5.74, 6) is -0.279. The van der Waals surface area contributed by atoms with Crippen molar-refractivity contribution < 1.29 is 17.9 Å². The minimum absolute atomic E-state index is 0.0713. The molecule has 0 saturated carbocycles. The van der Waals surface area contributed by atoms with E-state index in [1.807, 2.05) is 30.3 Å². The van der Waals surface area contributed by atoms with Crippen molar-refractivity contribution in [2.75, 3.05) is 35.4 Å². The molecule has 0 atom stereocenters. The van der Waals surface area contributed by atoms with Crippen molar-refractivity contribution in [3.63, 3.8) is 0 Å². The number of fused-ring (bicyclic) bond motifs is 1. The highest BCUT2D eigenvalue weighted by Crippen LogP contribution is 2.38. The zero-order chi connectivity index (χ0) is 18.6. The van der Waals surface area contributed by atoms with E-state index in [1.165, 1.54) is 15.7 Å². The Morgan fingerprint density at radius 3 is 2.42 bits per heavy atom.